The molecule has 0 heteroatoms. The Kier molecular flexibility index (Phi) is 3.62. The standard InChI is InChI=1S/C12H20/c1-4-11(5-2)9-12-8-6-7-10(12)3/h10,12H,1,5-9H2,2-3H3/t10-,12+/m1/s1. The first-order valence-electron chi connectivity index (χ1n) is 5.15. The minimum atomic E-state index is 0.925. The van der Waals surface area contributed by atoms with Crippen LogP contribution in [0.1, 0.15) is 46.0 Å². The molecule has 0 saturated heterocycles. The molecular formula is C12H20. The van der Waals surface area contributed by atoms with Gasteiger partial charge in [0.25, 0.3) is 0 Å². The molecule has 2 atom stereocenters. The van der Waals surface area contributed by atoms with Gasteiger partial charge in [-0.05, 0) is 36.7 Å². The molecule has 0 spiro atoms. The van der Waals surface area contributed by atoms with Crippen molar-refractivity contribution in [3.8, 4) is 0 Å². The molecule has 0 bridgehead atoms. The van der Waals surface area contributed by atoms with Gasteiger partial charge in [0.1, 0.15) is 0 Å². The van der Waals surface area contributed by atoms with Crippen molar-refractivity contribution in [3.63, 3.8) is 0 Å². The second-order valence-corrected chi connectivity index (χ2v) is 4.01. The molecule has 1 aliphatic rings. The highest BCUT2D eigenvalue weighted by Gasteiger charge is 2.23. The molecule has 1 saturated carbocycles. The van der Waals surface area contributed by atoms with E-state index in [-0.39, 0.29) is 0 Å². The predicted octanol–water partition coefficient (Wildman–Crippen LogP) is 3.93. The maximum absolute atomic E-state index is 3.74. The van der Waals surface area contributed by atoms with Gasteiger partial charge < -0.3 is 0 Å². The Hall–Kier alpha value is -0.480. The van der Waals surface area contributed by atoms with Gasteiger partial charge in [-0.3, -0.25) is 0 Å². The molecular weight excluding hydrogens is 144 g/mol. The van der Waals surface area contributed by atoms with Gasteiger partial charge in [0, 0.05) is 0 Å². The summed E-state index contributed by atoms with van der Waals surface area (Å²) in [4.78, 5) is 0. The van der Waals surface area contributed by atoms with Crippen molar-refractivity contribution in [3.05, 3.63) is 17.9 Å². The topological polar surface area (TPSA) is 0 Å². The van der Waals surface area contributed by atoms with Crippen LogP contribution in [0.4, 0.5) is 0 Å². The Morgan fingerprint density at radius 1 is 1.50 bits per heavy atom. The van der Waals surface area contributed by atoms with Crippen molar-refractivity contribution in [2.75, 3.05) is 0 Å². The minimum Gasteiger partial charge on any atom is -0.130 e. The predicted molar refractivity (Wildman–Crippen MR) is 54.1 cm³/mol. The zero-order valence-corrected chi connectivity index (χ0v) is 8.40. The Balaban J connectivity index is 2.44. The van der Waals surface area contributed by atoms with Gasteiger partial charge in [-0.25, -0.2) is 0 Å². The van der Waals surface area contributed by atoms with Crippen LogP contribution in [0, 0.1) is 11.8 Å². The van der Waals surface area contributed by atoms with E-state index in [1.165, 1.54) is 31.3 Å². The number of rotatable bonds is 3. The van der Waals surface area contributed by atoms with Gasteiger partial charge in [0.2, 0.25) is 0 Å². The number of hydrogen-bond acceptors (Lipinski definition) is 0. The molecule has 0 nitrogen and oxygen atoms in total. The first-order valence-corrected chi connectivity index (χ1v) is 5.15. The largest absolute Gasteiger partial charge is 0.130 e. The van der Waals surface area contributed by atoms with Gasteiger partial charge in [0.05, 0.1) is 0 Å². The summed E-state index contributed by atoms with van der Waals surface area (Å²) in [5, 5.41) is 0. The van der Waals surface area contributed by atoms with Gasteiger partial charge in [-0.15, -0.1) is 5.73 Å². The Morgan fingerprint density at radius 3 is 2.67 bits per heavy atom. The van der Waals surface area contributed by atoms with E-state index < -0.39 is 0 Å². The molecule has 0 amide bonds. The Bertz CT molecular complexity index is 184. The van der Waals surface area contributed by atoms with Crippen molar-refractivity contribution in [2.45, 2.75) is 46.0 Å². The van der Waals surface area contributed by atoms with Crippen LogP contribution < -0.4 is 0 Å². The summed E-state index contributed by atoms with van der Waals surface area (Å²) >= 11 is 0. The molecule has 0 heterocycles. The molecule has 68 valence electrons. The van der Waals surface area contributed by atoms with E-state index in [0.29, 0.717) is 0 Å². The van der Waals surface area contributed by atoms with E-state index in [1.54, 1.807) is 0 Å². The first-order chi connectivity index (χ1) is 5.77. The summed E-state index contributed by atoms with van der Waals surface area (Å²) in [6, 6.07) is 0. The monoisotopic (exact) mass is 164 g/mol. The fourth-order valence-electron chi connectivity index (χ4n) is 2.18. The van der Waals surface area contributed by atoms with Crippen molar-refractivity contribution >= 4 is 0 Å². The summed E-state index contributed by atoms with van der Waals surface area (Å²) in [6.45, 7) is 8.32. The lowest BCUT2D eigenvalue weighted by Gasteiger charge is -2.15. The van der Waals surface area contributed by atoms with E-state index in [9.17, 15) is 0 Å². The maximum atomic E-state index is 3.74. The van der Waals surface area contributed by atoms with Gasteiger partial charge in [0.15, 0.2) is 0 Å². The van der Waals surface area contributed by atoms with E-state index in [0.717, 1.165) is 18.3 Å². The highest BCUT2D eigenvalue weighted by Crippen LogP contribution is 2.35. The summed E-state index contributed by atoms with van der Waals surface area (Å²) in [6.07, 6.45) is 6.67. The smallest absolute Gasteiger partial charge is 0.0213 e. The molecule has 0 N–H and O–H groups in total. The van der Waals surface area contributed by atoms with Crippen molar-refractivity contribution < 1.29 is 0 Å². The van der Waals surface area contributed by atoms with Crippen LogP contribution >= 0.6 is 0 Å². The van der Waals surface area contributed by atoms with Crippen molar-refractivity contribution in [1.82, 2.24) is 0 Å². The van der Waals surface area contributed by atoms with E-state index in [2.05, 4.69) is 26.2 Å². The maximum Gasteiger partial charge on any atom is -0.0213 e. The van der Waals surface area contributed by atoms with Crippen LogP contribution in [0.2, 0.25) is 0 Å². The normalized spacial score (nSPS) is 28.5. The minimum absolute atomic E-state index is 0.925. The third kappa shape index (κ3) is 2.25. The average molecular weight is 164 g/mol. The fraction of sp³-hybridized carbons (Fsp3) is 0.750. The van der Waals surface area contributed by atoms with Gasteiger partial charge in [-0.2, -0.15) is 0 Å². The lowest BCUT2D eigenvalue weighted by Crippen LogP contribution is -2.04. The summed E-state index contributed by atoms with van der Waals surface area (Å²) in [5.74, 6) is 1.86. The molecule has 1 fully saturated rings. The van der Waals surface area contributed by atoms with Crippen LogP contribution in [0.25, 0.3) is 0 Å². The SMILES string of the molecule is C=C=C(CC)C[C@@H]1CCC[C@H]1C. The molecule has 0 aromatic heterocycles. The first kappa shape index (κ1) is 9.61. The summed E-state index contributed by atoms with van der Waals surface area (Å²) in [5.41, 5.74) is 4.49. The molecule has 0 aliphatic heterocycles. The molecule has 0 unspecified atom stereocenters. The summed E-state index contributed by atoms with van der Waals surface area (Å²) in [7, 11) is 0. The van der Waals surface area contributed by atoms with E-state index >= 15 is 0 Å². The molecule has 0 aromatic rings. The lowest BCUT2D eigenvalue weighted by atomic mass is 9.90. The molecule has 0 aromatic carbocycles. The lowest BCUT2D eigenvalue weighted by molar-refractivity contribution is 0.413. The van der Waals surface area contributed by atoms with E-state index in [4.69, 9.17) is 0 Å². The Labute approximate surface area is 76.4 Å². The van der Waals surface area contributed by atoms with E-state index in [1.807, 2.05) is 0 Å². The highest BCUT2D eigenvalue weighted by molar-refractivity contribution is 5.00. The molecule has 12 heavy (non-hydrogen) atoms. The van der Waals surface area contributed by atoms with Crippen molar-refractivity contribution in [1.29, 1.82) is 0 Å². The third-order valence-electron chi connectivity index (χ3n) is 3.22. The zero-order valence-electron chi connectivity index (χ0n) is 8.40. The van der Waals surface area contributed by atoms with Crippen LogP contribution in [-0.4, -0.2) is 0 Å². The average Bonchev–Trinajstić information content (AvgIpc) is 2.47. The fourth-order valence-corrected chi connectivity index (χ4v) is 2.18. The van der Waals surface area contributed by atoms with Crippen LogP contribution in [0.3, 0.4) is 0 Å². The molecule has 1 aliphatic carbocycles. The van der Waals surface area contributed by atoms with Crippen LogP contribution in [0.5, 0.6) is 0 Å². The second-order valence-electron chi connectivity index (χ2n) is 4.01. The summed E-state index contributed by atoms with van der Waals surface area (Å²) < 4.78 is 0. The highest BCUT2D eigenvalue weighted by atomic mass is 14.3. The third-order valence-corrected chi connectivity index (χ3v) is 3.22. The number of allylic oxidation sites excluding steroid dienone is 1. The van der Waals surface area contributed by atoms with Gasteiger partial charge in [-0.1, -0.05) is 33.3 Å². The van der Waals surface area contributed by atoms with Crippen LogP contribution in [0.15, 0.2) is 17.9 Å². The zero-order chi connectivity index (χ0) is 8.97. The second kappa shape index (κ2) is 4.52. The van der Waals surface area contributed by atoms with Gasteiger partial charge >= 0.3 is 0 Å². The molecule has 1 rings (SSSR count). The molecule has 0 radical (unpaired) electrons. The number of hydrogen-bond donors (Lipinski definition) is 0. The van der Waals surface area contributed by atoms with Crippen molar-refractivity contribution in [2.24, 2.45) is 11.8 Å². The Morgan fingerprint density at radius 2 is 2.25 bits per heavy atom. The van der Waals surface area contributed by atoms with Crippen LogP contribution in [-0.2, 0) is 0 Å². The quantitative estimate of drug-likeness (QED) is 0.554.